The van der Waals surface area contributed by atoms with Crippen molar-refractivity contribution in [3.8, 4) is 11.5 Å². The molecule has 0 amide bonds. The SMILES string of the molecule is CCCCC[C@H](N)c1cc2c(cc1Cl)OCO2.Cl. The van der Waals surface area contributed by atoms with Gasteiger partial charge in [-0.15, -0.1) is 12.4 Å². The highest BCUT2D eigenvalue weighted by molar-refractivity contribution is 6.31. The van der Waals surface area contributed by atoms with Gasteiger partial charge in [-0.2, -0.15) is 0 Å². The Bertz CT molecular complexity index is 399. The van der Waals surface area contributed by atoms with Gasteiger partial charge in [0, 0.05) is 17.1 Å². The summed E-state index contributed by atoms with van der Waals surface area (Å²) in [6, 6.07) is 3.67. The van der Waals surface area contributed by atoms with E-state index in [1.165, 1.54) is 12.8 Å². The fraction of sp³-hybridized carbons (Fsp3) is 0.538. The smallest absolute Gasteiger partial charge is 0.231 e. The predicted octanol–water partition coefficient (Wildman–Crippen LogP) is 4.07. The molecule has 5 heteroatoms. The summed E-state index contributed by atoms with van der Waals surface area (Å²) >= 11 is 6.20. The lowest BCUT2D eigenvalue weighted by Crippen LogP contribution is -2.10. The Hall–Kier alpha value is -0.640. The average Bonchev–Trinajstić information content (AvgIpc) is 2.75. The maximum atomic E-state index is 6.20. The van der Waals surface area contributed by atoms with E-state index < -0.39 is 0 Å². The van der Waals surface area contributed by atoms with Gasteiger partial charge in [-0.25, -0.2) is 0 Å². The molecule has 1 heterocycles. The van der Waals surface area contributed by atoms with Gasteiger partial charge in [0.1, 0.15) is 0 Å². The molecule has 0 fully saturated rings. The molecular formula is C13H19Cl2NO2. The minimum absolute atomic E-state index is 0. The topological polar surface area (TPSA) is 44.5 Å². The summed E-state index contributed by atoms with van der Waals surface area (Å²) in [6.07, 6.45) is 4.48. The average molecular weight is 292 g/mol. The van der Waals surface area contributed by atoms with Crippen LogP contribution in [0.25, 0.3) is 0 Å². The van der Waals surface area contributed by atoms with E-state index in [0.29, 0.717) is 10.8 Å². The number of hydrogen-bond acceptors (Lipinski definition) is 3. The first-order valence-corrected chi connectivity index (χ1v) is 6.44. The van der Waals surface area contributed by atoms with Crippen molar-refractivity contribution in [1.82, 2.24) is 0 Å². The van der Waals surface area contributed by atoms with E-state index in [0.717, 1.165) is 24.2 Å². The summed E-state index contributed by atoms with van der Waals surface area (Å²) in [7, 11) is 0. The van der Waals surface area contributed by atoms with E-state index in [1.807, 2.05) is 6.07 Å². The lowest BCUT2D eigenvalue weighted by Gasteiger charge is -2.14. The summed E-state index contributed by atoms with van der Waals surface area (Å²) in [5.74, 6) is 1.45. The first kappa shape index (κ1) is 15.4. The number of fused-ring (bicyclic) bond motifs is 1. The van der Waals surface area contributed by atoms with Crippen LogP contribution in [0.1, 0.15) is 44.2 Å². The second-order valence-electron chi connectivity index (χ2n) is 4.33. The Morgan fingerprint density at radius 2 is 1.94 bits per heavy atom. The summed E-state index contributed by atoms with van der Waals surface area (Å²) in [4.78, 5) is 0. The van der Waals surface area contributed by atoms with Gasteiger partial charge in [-0.3, -0.25) is 0 Å². The summed E-state index contributed by atoms with van der Waals surface area (Å²) in [5, 5.41) is 0.665. The third-order valence-corrected chi connectivity index (χ3v) is 3.34. The fourth-order valence-electron chi connectivity index (χ4n) is 1.99. The van der Waals surface area contributed by atoms with Crippen LogP contribution in [0.4, 0.5) is 0 Å². The second kappa shape index (κ2) is 7.07. The maximum absolute atomic E-state index is 6.20. The van der Waals surface area contributed by atoms with Gasteiger partial charge in [-0.05, 0) is 18.1 Å². The minimum Gasteiger partial charge on any atom is -0.454 e. The van der Waals surface area contributed by atoms with Crippen molar-refractivity contribution in [2.24, 2.45) is 5.73 Å². The second-order valence-corrected chi connectivity index (χ2v) is 4.74. The molecule has 0 saturated carbocycles. The monoisotopic (exact) mass is 291 g/mol. The summed E-state index contributed by atoms with van der Waals surface area (Å²) in [6.45, 7) is 2.44. The zero-order valence-corrected chi connectivity index (χ0v) is 12.0. The molecule has 2 rings (SSSR count). The Morgan fingerprint density at radius 1 is 1.28 bits per heavy atom. The van der Waals surface area contributed by atoms with Crippen molar-refractivity contribution >= 4 is 24.0 Å². The van der Waals surface area contributed by atoms with Crippen molar-refractivity contribution in [1.29, 1.82) is 0 Å². The molecule has 0 aromatic heterocycles. The number of rotatable bonds is 5. The molecular weight excluding hydrogens is 273 g/mol. The van der Waals surface area contributed by atoms with E-state index in [-0.39, 0.29) is 25.2 Å². The van der Waals surface area contributed by atoms with Crippen LogP contribution in [0.3, 0.4) is 0 Å². The van der Waals surface area contributed by atoms with Gasteiger partial charge < -0.3 is 15.2 Å². The van der Waals surface area contributed by atoms with Crippen LogP contribution < -0.4 is 15.2 Å². The number of hydrogen-bond donors (Lipinski definition) is 1. The first-order chi connectivity index (χ1) is 8.22. The third-order valence-electron chi connectivity index (χ3n) is 3.01. The van der Waals surface area contributed by atoms with Crippen LogP contribution in [0.2, 0.25) is 5.02 Å². The molecule has 1 aliphatic rings. The van der Waals surface area contributed by atoms with Gasteiger partial charge in [0.05, 0.1) is 0 Å². The lowest BCUT2D eigenvalue weighted by atomic mass is 10.0. The molecule has 1 atom stereocenters. The van der Waals surface area contributed by atoms with E-state index >= 15 is 0 Å². The van der Waals surface area contributed by atoms with E-state index in [2.05, 4.69) is 6.92 Å². The van der Waals surface area contributed by atoms with Crippen LogP contribution in [0.15, 0.2) is 12.1 Å². The van der Waals surface area contributed by atoms with Crippen molar-refractivity contribution in [2.75, 3.05) is 6.79 Å². The van der Waals surface area contributed by atoms with Gasteiger partial charge in [0.25, 0.3) is 0 Å². The van der Waals surface area contributed by atoms with Crippen molar-refractivity contribution in [3.05, 3.63) is 22.7 Å². The van der Waals surface area contributed by atoms with Crippen LogP contribution in [-0.2, 0) is 0 Å². The highest BCUT2D eigenvalue weighted by Gasteiger charge is 2.19. The summed E-state index contributed by atoms with van der Waals surface area (Å²) in [5.41, 5.74) is 7.10. The number of nitrogens with two attached hydrogens (primary N) is 1. The minimum atomic E-state index is -0.0245. The molecule has 0 spiro atoms. The Balaban J connectivity index is 0.00000162. The molecule has 0 unspecified atom stereocenters. The summed E-state index contributed by atoms with van der Waals surface area (Å²) < 4.78 is 10.6. The first-order valence-electron chi connectivity index (χ1n) is 6.07. The Morgan fingerprint density at radius 3 is 2.61 bits per heavy atom. The number of halogens is 2. The van der Waals surface area contributed by atoms with Crippen LogP contribution in [-0.4, -0.2) is 6.79 Å². The highest BCUT2D eigenvalue weighted by atomic mass is 35.5. The van der Waals surface area contributed by atoms with Gasteiger partial charge in [0.2, 0.25) is 6.79 Å². The zero-order valence-electron chi connectivity index (χ0n) is 10.4. The Kier molecular flexibility index (Phi) is 6.06. The molecule has 2 N–H and O–H groups in total. The molecule has 18 heavy (non-hydrogen) atoms. The van der Waals surface area contributed by atoms with Crippen LogP contribution in [0, 0.1) is 0 Å². The predicted molar refractivity (Wildman–Crippen MR) is 75.9 cm³/mol. The molecule has 0 saturated heterocycles. The lowest BCUT2D eigenvalue weighted by molar-refractivity contribution is 0.174. The largest absolute Gasteiger partial charge is 0.454 e. The molecule has 1 aliphatic heterocycles. The Labute approximate surface area is 119 Å². The standard InChI is InChI=1S/C13H18ClNO2.ClH/c1-2-3-4-5-11(15)9-6-12-13(7-10(9)14)17-8-16-12;/h6-7,11H,2-5,8,15H2,1H3;1H/t11-;/m0./s1. The zero-order chi connectivity index (χ0) is 12.3. The van der Waals surface area contributed by atoms with Crippen molar-refractivity contribution in [2.45, 2.75) is 38.6 Å². The number of unbranched alkanes of at least 4 members (excludes halogenated alkanes) is 2. The third kappa shape index (κ3) is 3.44. The van der Waals surface area contributed by atoms with Gasteiger partial charge >= 0.3 is 0 Å². The van der Waals surface area contributed by atoms with E-state index in [4.69, 9.17) is 26.8 Å². The number of benzene rings is 1. The van der Waals surface area contributed by atoms with E-state index in [1.54, 1.807) is 6.07 Å². The molecule has 0 aliphatic carbocycles. The van der Waals surface area contributed by atoms with Gasteiger partial charge in [0.15, 0.2) is 11.5 Å². The van der Waals surface area contributed by atoms with Crippen LogP contribution >= 0.6 is 24.0 Å². The molecule has 3 nitrogen and oxygen atoms in total. The van der Waals surface area contributed by atoms with Gasteiger partial charge in [-0.1, -0.05) is 37.8 Å². The maximum Gasteiger partial charge on any atom is 0.231 e. The van der Waals surface area contributed by atoms with Crippen molar-refractivity contribution < 1.29 is 9.47 Å². The van der Waals surface area contributed by atoms with Crippen molar-refractivity contribution in [3.63, 3.8) is 0 Å². The fourth-order valence-corrected chi connectivity index (χ4v) is 2.28. The quantitative estimate of drug-likeness (QED) is 0.832. The molecule has 0 radical (unpaired) electrons. The number of ether oxygens (including phenoxy) is 2. The highest BCUT2D eigenvalue weighted by Crippen LogP contribution is 2.39. The van der Waals surface area contributed by atoms with Crippen LogP contribution in [0.5, 0.6) is 11.5 Å². The molecule has 1 aromatic rings. The molecule has 1 aromatic carbocycles. The van der Waals surface area contributed by atoms with E-state index in [9.17, 15) is 0 Å². The molecule has 0 bridgehead atoms. The normalized spacial score (nSPS) is 14.2. The molecule has 102 valence electrons.